The zero-order valence-corrected chi connectivity index (χ0v) is 13.4. The summed E-state index contributed by atoms with van der Waals surface area (Å²) < 4.78 is 37.2. The Morgan fingerprint density at radius 3 is 2.65 bits per heavy atom. The quantitative estimate of drug-likeness (QED) is 0.799. The molecule has 1 unspecified atom stereocenters. The minimum absolute atomic E-state index is 0.0775. The van der Waals surface area contributed by atoms with E-state index in [1.807, 2.05) is 0 Å². The topological polar surface area (TPSA) is 132 Å². The van der Waals surface area contributed by atoms with Crippen molar-refractivity contribution in [3.8, 4) is 5.75 Å². The zero-order chi connectivity index (χ0) is 17.2. The first kappa shape index (κ1) is 16.9. The predicted molar refractivity (Wildman–Crippen MR) is 77.7 cm³/mol. The van der Waals surface area contributed by atoms with Gasteiger partial charge in [-0.3, -0.25) is 0 Å². The lowest BCUT2D eigenvalue weighted by atomic mass is 10.2. The molecule has 0 fully saturated rings. The highest BCUT2D eigenvalue weighted by Gasteiger charge is 2.25. The Balaban J connectivity index is 2.34. The molecule has 0 saturated heterocycles. The number of nitrogens with one attached hydrogen (secondary N) is 1. The smallest absolute Gasteiger partial charge is 0.335 e. The summed E-state index contributed by atoms with van der Waals surface area (Å²) in [6, 6.07) is 2.72. The number of rotatable bonds is 6. The first-order chi connectivity index (χ1) is 10.7. The van der Waals surface area contributed by atoms with Gasteiger partial charge in [0.05, 0.1) is 18.7 Å². The summed E-state index contributed by atoms with van der Waals surface area (Å²) in [5, 5.41) is 12.5. The van der Waals surface area contributed by atoms with Gasteiger partial charge in [-0.1, -0.05) is 5.16 Å². The average Bonchev–Trinajstić information content (AvgIpc) is 2.92. The average molecular weight is 341 g/mol. The fourth-order valence-electron chi connectivity index (χ4n) is 1.86. The molecule has 1 aromatic heterocycles. The van der Waals surface area contributed by atoms with Crippen molar-refractivity contribution in [3.05, 3.63) is 35.5 Å². The molecule has 0 aliphatic rings. The third-order valence-electron chi connectivity index (χ3n) is 2.95. The van der Waals surface area contributed by atoms with Gasteiger partial charge in [0.25, 0.3) is 0 Å². The van der Waals surface area contributed by atoms with Crippen LogP contribution in [0.25, 0.3) is 0 Å². The minimum atomic E-state index is -3.98. The van der Waals surface area contributed by atoms with Gasteiger partial charge in [0.2, 0.25) is 15.9 Å². The van der Waals surface area contributed by atoms with E-state index in [1.54, 1.807) is 13.8 Å². The monoisotopic (exact) mass is 341 g/mol. The molecule has 2 N–H and O–H groups in total. The molecule has 0 saturated carbocycles. The summed E-state index contributed by atoms with van der Waals surface area (Å²) in [6.45, 7) is 3.16. The van der Waals surface area contributed by atoms with Crippen LogP contribution < -0.4 is 9.46 Å². The summed E-state index contributed by atoms with van der Waals surface area (Å²) >= 11 is 0. The van der Waals surface area contributed by atoms with Crippen molar-refractivity contribution >= 4 is 16.0 Å². The Kier molecular flexibility index (Phi) is 4.66. The molecule has 1 heterocycles. The van der Waals surface area contributed by atoms with Gasteiger partial charge < -0.3 is 14.4 Å². The van der Waals surface area contributed by atoms with Gasteiger partial charge in [0.15, 0.2) is 5.82 Å². The van der Waals surface area contributed by atoms with E-state index in [4.69, 9.17) is 14.4 Å². The number of hydrogen-bond donors (Lipinski definition) is 2. The summed E-state index contributed by atoms with van der Waals surface area (Å²) in [5.74, 6) is -0.761. The molecule has 0 spiro atoms. The number of aryl methyl sites for hydroxylation is 1. The highest BCUT2D eigenvalue weighted by molar-refractivity contribution is 7.89. The molecule has 1 aromatic carbocycles. The van der Waals surface area contributed by atoms with E-state index in [-0.39, 0.29) is 22.1 Å². The Labute approximate surface area is 132 Å². The number of carbonyl (C=O) groups is 1. The van der Waals surface area contributed by atoms with Crippen LogP contribution in [0.2, 0.25) is 0 Å². The third-order valence-corrected chi connectivity index (χ3v) is 4.53. The van der Waals surface area contributed by atoms with E-state index in [0.29, 0.717) is 5.82 Å². The molecule has 1 atom stereocenters. The van der Waals surface area contributed by atoms with Crippen LogP contribution in [0, 0.1) is 6.92 Å². The maximum atomic E-state index is 12.5. The lowest BCUT2D eigenvalue weighted by Gasteiger charge is -2.13. The molecule has 9 nitrogen and oxygen atoms in total. The number of nitrogens with zero attached hydrogens (tertiary/aromatic N) is 2. The van der Waals surface area contributed by atoms with Gasteiger partial charge in [0.1, 0.15) is 10.6 Å². The van der Waals surface area contributed by atoms with Gasteiger partial charge in [-0.05, 0) is 32.0 Å². The van der Waals surface area contributed by atoms with Crippen molar-refractivity contribution in [2.24, 2.45) is 0 Å². The van der Waals surface area contributed by atoms with Gasteiger partial charge in [-0.25, -0.2) is 13.2 Å². The van der Waals surface area contributed by atoms with Crippen LogP contribution in [-0.4, -0.2) is 36.7 Å². The summed E-state index contributed by atoms with van der Waals surface area (Å²) in [7, 11) is -2.72. The number of hydrogen-bond acceptors (Lipinski definition) is 7. The highest BCUT2D eigenvalue weighted by atomic mass is 32.2. The zero-order valence-electron chi connectivity index (χ0n) is 12.6. The molecule has 0 bridgehead atoms. The van der Waals surface area contributed by atoms with E-state index in [1.165, 1.54) is 13.2 Å². The van der Waals surface area contributed by atoms with E-state index in [9.17, 15) is 13.2 Å². The van der Waals surface area contributed by atoms with E-state index < -0.39 is 22.0 Å². The largest absolute Gasteiger partial charge is 0.495 e. The lowest BCUT2D eigenvalue weighted by molar-refractivity contribution is 0.0696. The van der Waals surface area contributed by atoms with E-state index in [2.05, 4.69) is 14.9 Å². The molecule has 2 aromatic rings. The number of ether oxygens (including phenoxy) is 1. The van der Waals surface area contributed by atoms with Crippen molar-refractivity contribution in [2.75, 3.05) is 7.11 Å². The molecule has 23 heavy (non-hydrogen) atoms. The molecule has 0 amide bonds. The van der Waals surface area contributed by atoms with Crippen molar-refractivity contribution < 1.29 is 27.6 Å². The van der Waals surface area contributed by atoms with Crippen LogP contribution in [0.5, 0.6) is 5.75 Å². The molecule has 0 aliphatic carbocycles. The van der Waals surface area contributed by atoms with Crippen LogP contribution in [-0.2, 0) is 10.0 Å². The summed E-state index contributed by atoms with van der Waals surface area (Å²) in [4.78, 5) is 14.7. The molecular formula is C13H15N3O6S. The molecule has 0 aliphatic heterocycles. The Morgan fingerprint density at radius 1 is 1.43 bits per heavy atom. The van der Waals surface area contributed by atoms with Crippen molar-refractivity contribution in [1.29, 1.82) is 0 Å². The molecular weight excluding hydrogens is 326 g/mol. The van der Waals surface area contributed by atoms with Crippen molar-refractivity contribution in [3.63, 3.8) is 0 Å². The standard InChI is InChI=1S/C13H15N3O6S/c1-7(12-14-8(2)15-22-12)16-23(19,20)11-5-4-9(13(17)18)6-10(11)21-3/h4-7,16H,1-3H3,(H,17,18). The van der Waals surface area contributed by atoms with Crippen LogP contribution in [0.3, 0.4) is 0 Å². The van der Waals surface area contributed by atoms with Crippen LogP contribution in [0.4, 0.5) is 0 Å². The normalized spacial score (nSPS) is 12.8. The SMILES string of the molecule is COc1cc(C(=O)O)ccc1S(=O)(=O)NC(C)c1nc(C)no1. The minimum Gasteiger partial charge on any atom is -0.495 e. The predicted octanol–water partition coefficient (Wildman–Crippen LogP) is 1.12. The van der Waals surface area contributed by atoms with E-state index >= 15 is 0 Å². The Bertz CT molecular complexity index is 830. The fourth-order valence-corrected chi connectivity index (χ4v) is 3.21. The molecule has 0 radical (unpaired) electrons. The van der Waals surface area contributed by atoms with Crippen LogP contribution in [0.1, 0.15) is 35.0 Å². The number of carboxylic acid groups (broad SMARTS) is 1. The number of aromatic carboxylic acids is 1. The Hall–Kier alpha value is -2.46. The van der Waals surface area contributed by atoms with Crippen LogP contribution >= 0.6 is 0 Å². The maximum Gasteiger partial charge on any atom is 0.335 e. The van der Waals surface area contributed by atoms with Gasteiger partial charge in [-0.15, -0.1) is 0 Å². The Morgan fingerprint density at radius 2 is 2.13 bits per heavy atom. The summed E-state index contributed by atoms with van der Waals surface area (Å²) in [6.07, 6.45) is 0. The fraction of sp³-hybridized carbons (Fsp3) is 0.308. The number of aromatic nitrogens is 2. The number of sulfonamides is 1. The van der Waals surface area contributed by atoms with Gasteiger partial charge >= 0.3 is 5.97 Å². The summed E-state index contributed by atoms with van der Waals surface area (Å²) in [5.41, 5.74) is -0.0821. The third kappa shape index (κ3) is 3.66. The van der Waals surface area contributed by atoms with Crippen LogP contribution in [0.15, 0.2) is 27.6 Å². The number of benzene rings is 1. The van der Waals surface area contributed by atoms with Gasteiger partial charge in [-0.2, -0.15) is 9.71 Å². The van der Waals surface area contributed by atoms with Crippen molar-refractivity contribution in [1.82, 2.24) is 14.9 Å². The van der Waals surface area contributed by atoms with Gasteiger partial charge in [0, 0.05) is 0 Å². The van der Waals surface area contributed by atoms with Crippen molar-refractivity contribution in [2.45, 2.75) is 24.8 Å². The second-order valence-corrected chi connectivity index (χ2v) is 6.38. The second kappa shape index (κ2) is 6.34. The molecule has 124 valence electrons. The second-order valence-electron chi connectivity index (χ2n) is 4.69. The van der Waals surface area contributed by atoms with E-state index in [0.717, 1.165) is 12.1 Å². The number of carboxylic acids is 1. The highest BCUT2D eigenvalue weighted by Crippen LogP contribution is 2.26. The maximum absolute atomic E-state index is 12.5. The molecule has 2 rings (SSSR count). The first-order valence-electron chi connectivity index (χ1n) is 6.48. The molecule has 10 heteroatoms. The lowest BCUT2D eigenvalue weighted by Crippen LogP contribution is -2.27. The first-order valence-corrected chi connectivity index (χ1v) is 7.97. The number of methoxy groups -OCH3 is 1.